The largest absolute Gasteiger partial charge is 0.378 e. The molecule has 0 N–H and O–H groups in total. The van der Waals surface area contributed by atoms with Crippen molar-refractivity contribution in [3.05, 3.63) is 0 Å². The summed E-state index contributed by atoms with van der Waals surface area (Å²) in [5.74, 6) is 0.395. The van der Waals surface area contributed by atoms with Gasteiger partial charge in [-0.25, -0.2) is 0 Å². The molecule has 1 heterocycles. The van der Waals surface area contributed by atoms with Crippen LogP contribution in [-0.2, 0) is 14.2 Å². The minimum absolute atomic E-state index is 0.0535. The van der Waals surface area contributed by atoms with Crippen molar-refractivity contribution in [3.8, 4) is 0 Å². The van der Waals surface area contributed by atoms with Crippen LogP contribution in [0.2, 0.25) is 0 Å². The van der Waals surface area contributed by atoms with E-state index in [1.807, 2.05) is 0 Å². The lowest BCUT2D eigenvalue weighted by Crippen LogP contribution is -2.53. The van der Waals surface area contributed by atoms with Crippen LogP contribution in [0.4, 0.5) is 0 Å². The van der Waals surface area contributed by atoms with Crippen molar-refractivity contribution < 1.29 is 14.2 Å². The molecule has 0 spiro atoms. The summed E-state index contributed by atoms with van der Waals surface area (Å²) in [5.41, 5.74) is 0. The first-order chi connectivity index (χ1) is 6.65. The van der Waals surface area contributed by atoms with Gasteiger partial charge in [0.1, 0.15) is 6.10 Å². The first kappa shape index (κ1) is 12.0. The second-order valence-electron chi connectivity index (χ2n) is 4.05. The van der Waals surface area contributed by atoms with Crippen molar-refractivity contribution in [2.45, 2.75) is 51.6 Å². The number of ether oxygens (including phenoxy) is 3. The molecule has 1 aliphatic rings. The molecule has 0 radical (unpaired) electrons. The fourth-order valence-electron chi connectivity index (χ4n) is 2.40. The molecule has 14 heavy (non-hydrogen) atoms. The minimum Gasteiger partial charge on any atom is -0.378 e. The van der Waals surface area contributed by atoms with E-state index in [-0.39, 0.29) is 18.3 Å². The quantitative estimate of drug-likeness (QED) is 0.699. The Balaban J connectivity index is 2.73. The van der Waals surface area contributed by atoms with Gasteiger partial charge in [-0.1, -0.05) is 13.8 Å². The lowest BCUT2D eigenvalue weighted by Gasteiger charge is -2.43. The van der Waals surface area contributed by atoms with E-state index < -0.39 is 0 Å². The van der Waals surface area contributed by atoms with E-state index in [4.69, 9.17) is 14.2 Å². The smallest absolute Gasteiger partial charge is 0.109 e. The van der Waals surface area contributed by atoms with Gasteiger partial charge in [0.15, 0.2) is 0 Å². The summed E-state index contributed by atoms with van der Waals surface area (Å²) in [7, 11) is 3.47. The van der Waals surface area contributed by atoms with Crippen LogP contribution in [0.25, 0.3) is 0 Å². The van der Waals surface area contributed by atoms with Gasteiger partial charge in [0.05, 0.1) is 18.3 Å². The summed E-state index contributed by atoms with van der Waals surface area (Å²) >= 11 is 0. The minimum atomic E-state index is 0.0535. The molecule has 1 fully saturated rings. The van der Waals surface area contributed by atoms with Crippen molar-refractivity contribution in [1.29, 1.82) is 0 Å². The van der Waals surface area contributed by atoms with Crippen LogP contribution < -0.4 is 0 Å². The predicted molar refractivity (Wildman–Crippen MR) is 55.4 cm³/mol. The third-order valence-corrected chi connectivity index (χ3v) is 3.23. The van der Waals surface area contributed by atoms with Crippen LogP contribution >= 0.6 is 0 Å². The van der Waals surface area contributed by atoms with Gasteiger partial charge >= 0.3 is 0 Å². The van der Waals surface area contributed by atoms with Crippen LogP contribution in [0.1, 0.15) is 27.2 Å². The second-order valence-corrected chi connectivity index (χ2v) is 4.05. The molecule has 1 saturated heterocycles. The summed E-state index contributed by atoms with van der Waals surface area (Å²) in [5, 5.41) is 0. The van der Waals surface area contributed by atoms with Gasteiger partial charge in [-0.3, -0.25) is 0 Å². The Hall–Kier alpha value is -0.120. The van der Waals surface area contributed by atoms with Crippen LogP contribution in [0, 0.1) is 5.92 Å². The van der Waals surface area contributed by atoms with Crippen molar-refractivity contribution in [2.75, 3.05) is 14.2 Å². The summed E-state index contributed by atoms with van der Waals surface area (Å²) in [6.45, 7) is 6.36. The standard InChI is InChI=1S/C11H22O3/c1-6-9-7(2)10(12-4)11(13-5)8(3)14-9/h7-11H,6H2,1-5H3/t7-,8?,9-,10+,11+/m1/s1. The predicted octanol–water partition coefficient (Wildman–Crippen LogP) is 1.85. The van der Waals surface area contributed by atoms with E-state index in [2.05, 4.69) is 20.8 Å². The highest BCUT2D eigenvalue weighted by molar-refractivity contribution is 4.89. The number of rotatable bonds is 3. The Morgan fingerprint density at radius 2 is 1.64 bits per heavy atom. The Bertz CT molecular complexity index is 172. The molecule has 84 valence electrons. The Morgan fingerprint density at radius 3 is 2.07 bits per heavy atom. The van der Waals surface area contributed by atoms with Gasteiger partial charge in [0.2, 0.25) is 0 Å². The summed E-state index contributed by atoms with van der Waals surface area (Å²) in [6, 6.07) is 0. The highest BCUT2D eigenvalue weighted by Gasteiger charge is 2.41. The van der Waals surface area contributed by atoms with Crippen molar-refractivity contribution in [2.24, 2.45) is 5.92 Å². The Morgan fingerprint density at radius 1 is 1.07 bits per heavy atom. The van der Waals surface area contributed by atoms with Crippen molar-refractivity contribution >= 4 is 0 Å². The normalized spacial score (nSPS) is 43.9. The average Bonchev–Trinajstić information content (AvgIpc) is 2.20. The fourth-order valence-corrected chi connectivity index (χ4v) is 2.40. The average molecular weight is 202 g/mol. The van der Waals surface area contributed by atoms with Gasteiger partial charge in [0, 0.05) is 20.1 Å². The van der Waals surface area contributed by atoms with Gasteiger partial charge < -0.3 is 14.2 Å². The van der Waals surface area contributed by atoms with E-state index in [0.29, 0.717) is 12.0 Å². The molecule has 0 saturated carbocycles. The monoisotopic (exact) mass is 202 g/mol. The SMILES string of the molecule is CC[C@H]1OC(C)[C@H](OC)[C@@H](OC)[C@@H]1C. The highest BCUT2D eigenvalue weighted by Crippen LogP contribution is 2.30. The first-order valence-electron chi connectivity index (χ1n) is 5.36. The third kappa shape index (κ3) is 2.10. The zero-order valence-corrected chi connectivity index (χ0v) is 9.82. The molecular weight excluding hydrogens is 180 g/mol. The third-order valence-electron chi connectivity index (χ3n) is 3.23. The summed E-state index contributed by atoms with van der Waals surface area (Å²) in [4.78, 5) is 0. The van der Waals surface area contributed by atoms with Crippen LogP contribution in [0.3, 0.4) is 0 Å². The van der Waals surface area contributed by atoms with Crippen molar-refractivity contribution in [1.82, 2.24) is 0 Å². The van der Waals surface area contributed by atoms with Crippen LogP contribution in [0.5, 0.6) is 0 Å². The fraction of sp³-hybridized carbons (Fsp3) is 1.00. The molecule has 0 amide bonds. The maximum Gasteiger partial charge on any atom is 0.109 e. The number of hydrogen-bond donors (Lipinski definition) is 0. The van der Waals surface area contributed by atoms with Gasteiger partial charge in [-0.05, 0) is 13.3 Å². The van der Waals surface area contributed by atoms with Gasteiger partial charge in [-0.15, -0.1) is 0 Å². The molecule has 3 heteroatoms. The molecule has 5 atom stereocenters. The zero-order valence-electron chi connectivity index (χ0n) is 9.82. The van der Waals surface area contributed by atoms with Crippen LogP contribution in [-0.4, -0.2) is 38.6 Å². The summed E-state index contributed by atoms with van der Waals surface area (Å²) in [6.07, 6.45) is 1.64. The molecule has 0 bridgehead atoms. The Kier molecular flexibility index (Phi) is 4.35. The van der Waals surface area contributed by atoms with Crippen LogP contribution in [0.15, 0.2) is 0 Å². The van der Waals surface area contributed by atoms with E-state index >= 15 is 0 Å². The number of hydrogen-bond acceptors (Lipinski definition) is 3. The second kappa shape index (κ2) is 5.10. The highest BCUT2D eigenvalue weighted by atomic mass is 16.6. The maximum atomic E-state index is 5.88. The molecular formula is C11H22O3. The van der Waals surface area contributed by atoms with E-state index in [0.717, 1.165) is 6.42 Å². The Labute approximate surface area is 86.7 Å². The molecule has 0 aromatic rings. The maximum absolute atomic E-state index is 5.88. The lowest BCUT2D eigenvalue weighted by atomic mass is 9.87. The molecule has 0 aromatic carbocycles. The molecule has 1 unspecified atom stereocenters. The zero-order chi connectivity index (χ0) is 10.7. The molecule has 1 aliphatic heterocycles. The van der Waals surface area contributed by atoms with Crippen molar-refractivity contribution in [3.63, 3.8) is 0 Å². The topological polar surface area (TPSA) is 27.7 Å². The lowest BCUT2D eigenvalue weighted by molar-refractivity contribution is -0.207. The first-order valence-corrected chi connectivity index (χ1v) is 5.36. The van der Waals surface area contributed by atoms with E-state index in [1.54, 1.807) is 14.2 Å². The molecule has 1 rings (SSSR count). The van der Waals surface area contributed by atoms with E-state index in [1.165, 1.54) is 0 Å². The molecule has 0 aliphatic carbocycles. The van der Waals surface area contributed by atoms with Gasteiger partial charge in [0.25, 0.3) is 0 Å². The summed E-state index contributed by atoms with van der Waals surface area (Å²) < 4.78 is 16.8. The van der Waals surface area contributed by atoms with Gasteiger partial charge in [-0.2, -0.15) is 0 Å². The molecule has 0 aromatic heterocycles. The molecule has 3 nitrogen and oxygen atoms in total. The van der Waals surface area contributed by atoms with E-state index in [9.17, 15) is 0 Å². The number of methoxy groups -OCH3 is 2.